The first kappa shape index (κ1) is 16.6. The molecule has 8 heteroatoms. The zero-order valence-electron chi connectivity index (χ0n) is 13.4. The Kier molecular flexibility index (Phi) is 4.86. The predicted molar refractivity (Wildman–Crippen MR) is 91.9 cm³/mol. The highest BCUT2D eigenvalue weighted by molar-refractivity contribution is 7.88. The van der Waals surface area contributed by atoms with E-state index in [1.165, 1.54) is 22.4 Å². The van der Waals surface area contributed by atoms with Crippen LogP contribution in [0, 0.1) is 6.92 Å². The molecule has 0 aromatic carbocycles. The molecule has 1 N–H and O–H groups in total. The van der Waals surface area contributed by atoms with Gasteiger partial charge in [-0.05, 0) is 30.4 Å². The van der Waals surface area contributed by atoms with E-state index in [-0.39, 0.29) is 6.04 Å². The summed E-state index contributed by atoms with van der Waals surface area (Å²) in [4.78, 5) is 8.07. The number of aryl methyl sites for hydroxylation is 1. The highest BCUT2D eigenvalue weighted by Gasteiger charge is 2.25. The number of thiophene rings is 1. The smallest absolute Gasteiger partial charge is 0.208 e. The minimum atomic E-state index is -3.14. The van der Waals surface area contributed by atoms with Crippen LogP contribution in [0.1, 0.15) is 28.6 Å². The van der Waals surface area contributed by atoms with Crippen LogP contribution in [0.25, 0.3) is 0 Å². The molecule has 1 aliphatic rings. The molecule has 0 aliphatic carbocycles. The SMILES string of the molecule is Cc1ccsc1CN1Cc2cncn2[C@H](CCNS(C)(=O)=O)C1. The zero-order chi connectivity index (χ0) is 16.4. The van der Waals surface area contributed by atoms with E-state index in [9.17, 15) is 8.42 Å². The molecule has 3 heterocycles. The van der Waals surface area contributed by atoms with Crippen molar-refractivity contribution in [3.8, 4) is 0 Å². The number of aromatic nitrogens is 2. The summed E-state index contributed by atoms with van der Waals surface area (Å²) in [5.41, 5.74) is 2.53. The molecule has 1 aliphatic heterocycles. The molecule has 0 unspecified atom stereocenters. The molecule has 6 nitrogen and oxygen atoms in total. The average Bonchev–Trinajstić information content (AvgIpc) is 3.07. The minimum Gasteiger partial charge on any atom is -0.329 e. The van der Waals surface area contributed by atoms with Crippen molar-refractivity contribution in [3.05, 3.63) is 40.1 Å². The van der Waals surface area contributed by atoms with Gasteiger partial charge < -0.3 is 4.57 Å². The number of rotatable bonds is 6. The van der Waals surface area contributed by atoms with E-state index < -0.39 is 10.0 Å². The number of nitrogens with zero attached hydrogens (tertiary/aromatic N) is 3. The van der Waals surface area contributed by atoms with Crippen LogP contribution in [0.3, 0.4) is 0 Å². The fraction of sp³-hybridized carbons (Fsp3) is 0.533. The first-order valence-corrected chi connectivity index (χ1v) is 10.4. The van der Waals surface area contributed by atoms with Gasteiger partial charge in [-0.3, -0.25) is 4.90 Å². The Morgan fingerprint density at radius 2 is 2.30 bits per heavy atom. The summed E-state index contributed by atoms with van der Waals surface area (Å²) in [5.74, 6) is 0. The Hall–Kier alpha value is -1.22. The third-order valence-corrected chi connectivity index (χ3v) is 5.91. The zero-order valence-corrected chi connectivity index (χ0v) is 15.0. The lowest BCUT2D eigenvalue weighted by Crippen LogP contribution is -2.38. The third-order valence-electron chi connectivity index (χ3n) is 4.17. The quantitative estimate of drug-likeness (QED) is 0.858. The van der Waals surface area contributed by atoms with Crippen molar-refractivity contribution in [3.63, 3.8) is 0 Å². The molecule has 3 rings (SSSR count). The molecule has 2 aromatic rings. The second-order valence-electron chi connectivity index (χ2n) is 6.10. The van der Waals surface area contributed by atoms with Gasteiger partial charge in [-0.2, -0.15) is 0 Å². The van der Waals surface area contributed by atoms with Crippen LogP contribution in [-0.2, 0) is 23.1 Å². The van der Waals surface area contributed by atoms with Crippen molar-refractivity contribution in [2.24, 2.45) is 0 Å². The van der Waals surface area contributed by atoms with E-state index in [4.69, 9.17) is 0 Å². The number of fused-ring (bicyclic) bond motifs is 1. The first-order chi connectivity index (χ1) is 10.9. The van der Waals surface area contributed by atoms with Crippen LogP contribution in [0.5, 0.6) is 0 Å². The van der Waals surface area contributed by atoms with Gasteiger partial charge in [0, 0.05) is 43.3 Å². The summed E-state index contributed by atoms with van der Waals surface area (Å²) < 4.78 is 27.3. The normalized spacial score (nSPS) is 19.0. The van der Waals surface area contributed by atoms with Gasteiger partial charge in [-0.1, -0.05) is 0 Å². The molecule has 0 spiro atoms. The molecule has 1 atom stereocenters. The second-order valence-corrected chi connectivity index (χ2v) is 8.93. The van der Waals surface area contributed by atoms with Gasteiger partial charge in [0.25, 0.3) is 0 Å². The summed E-state index contributed by atoms with van der Waals surface area (Å²) in [5, 5.41) is 2.13. The van der Waals surface area contributed by atoms with Crippen molar-refractivity contribution in [1.29, 1.82) is 0 Å². The van der Waals surface area contributed by atoms with Gasteiger partial charge in [-0.25, -0.2) is 18.1 Å². The first-order valence-electron chi connectivity index (χ1n) is 7.63. The van der Waals surface area contributed by atoms with Crippen LogP contribution < -0.4 is 4.72 Å². The van der Waals surface area contributed by atoms with E-state index in [0.29, 0.717) is 6.54 Å². The van der Waals surface area contributed by atoms with Gasteiger partial charge >= 0.3 is 0 Å². The summed E-state index contributed by atoms with van der Waals surface area (Å²) in [6, 6.07) is 2.40. The molecule has 0 amide bonds. The fourth-order valence-electron chi connectivity index (χ4n) is 2.99. The number of sulfonamides is 1. The van der Waals surface area contributed by atoms with Crippen molar-refractivity contribution in [1.82, 2.24) is 19.2 Å². The molecule has 0 bridgehead atoms. The maximum atomic E-state index is 11.2. The Bertz CT molecular complexity index is 766. The lowest BCUT2D eigenvalue weighted by atomic mass is 10.1. The lowest BCUT2D eigenvalue weighted by molar-refractivity contribution is 0.173. The Balaban J connectivity index is 1.68. The summed E-state index contributed by atoms with van der Waals surface area (Å²) in [6.45, 7) is 5.32. The van der Waals surface area contributed by atoms with E-state index in [1.807, 2.05) is 12.5 Å². The van der Waals surface area contributed by atoms with Gasteiger partial charge in [0.1, 0.15) is 0 Å². The molecule has 0 saturated heterocycles. The largest absolute Gasteiger partial charge is 0.329 e. The predicted octanol–water partition coefficient (Wildman–Crippen LogP) is 1.75. The highest BCUT2D eigenvalue weighted by Crippen LogP contribution is 2.26. The number of hydrogen-bond acceptors (Lipinski definition) is 5. The van der Waals surface area contributed by atoms with Gasteiger partial charge in [0.2, 0.25) is 10.0 Å². The summed E-state index contributed by atoms with van der Waals surface area (Å²) in [6.07, 6.45) is 5.72. The molecule has 0 fully saturated rings. The number of imidazole rings is 1. The highest BCUT2D eigenvalue weighted by atomic mass is 32.2. The molecule has 0 radical (unpaired) electrons. The average molecular weight is 355 g/mol. The van der Waals surface area contributed by atoms with Crippen LogP contribution in [0.2, 0.25) is 0 Å². The van der Waals surface area contributed by atoms with Crippen LogP contribution >= 0.6 is 11.3 Å². The minimum absolute atomic E-state index is 0.246. The third kappa shape index (κ3) is 4.20. The maximum absolute atomic E-state index is 11.2. The molecular formula is C15H22N4O2S2. The van der Waals surface area contributed by atoms with Crippen LogP contribution in [0.4, 0.5) is 0 Å². The van der Waals surface area contributed by atoms with E-state index in [0.717, 1.165) is 26.1 Å². The van der Waals surface area contributed by atoms with Gasteiger partial charge in [-0.15, -0.1) is 11.3 Å². The van der Waals surface area contributed by atoms with Crippen molar-refractivity contribution in [2.75, 3.05) is 19.3 Å². The molecule has 23 heavy (non-hydrogen) atoms. The second kappa shape index (κ2) is 6.72. The van der Waals surface area contributed by atoms with Crippen molar-refractivity contribution in [2.45, 2.75) is 32.5 Å². The number of nitrogens with one attached hydrogen (secondary N) is 1. The van der Waals surface area contributed by atoms with Crippen molar-refractivity contribution < 1.29 is 8.42 Å². The van der Waals surface area contributed by atoms with Gasteiger partial charge in [0.15, 0.2) is 0 Å². The van der Waals surface area contributed by atoms with Crippen LogP contribution in [0.15, 0.2) is 24.0 Å². The van der Waals surface area contributed by atoms with Crippen LogP contribution in [-0.4, -0.2) is 42.2 Å². The number of hydrogen-bond donors (Lipinski definition) is 1. The molecule has 2 aromatic heterocycles. The molecule has 126 valence electrons. The molecular weight excluding hydrogens is 332 g/mol. The topological polar surface area (TPSA) is 67.2 Å². The lowest BCUT2D eigenvalue weighted by Gasteiger charge is -2.34. The maximum Gasteiger partial charge on any atom is 0.208 e. The Morgan fingerprint density at radius 1 is 1.48 bits per heavy atom. The summed E-state index contributed by atoms with van der Waals surface area (Å²) in [7, 11) is -3.14. The fourth-order valence-corrected chi connectivity index (χ4v) is 4.43. The van der Waals surface area contributed by atoms with E-state index >= 15 is 0 Å². The summed E-state index contributed by atoms with van der Waals surface area (Å²) >= 11 is 1.79. The van der Waals surface area contributed by atoms with E-state index in [1.54, 1.807) is 11.3 Å². The Morgan fingerprint density at radius 3 is 3.00 bits per heavy atom. The van der Waals surface area contributed by atoms with Gasteiger partial charge in [0.05, 0.1) is 18.3 Å². The van der Waals surface area contributed by atoms with Crippen molar-refractivity contribution >= 4 is 21.4 Å². The standard InChI is InChI=1S/C15H22N4O2S2/c1-12-4-6-22-15(12)10-18-8-13(3-5-17-23(2,20)21)19-11-16-7-14(19)9-18/h4,6-7,11,13,17H,3,5,8-10H2,1-2H3/t13-/m1/s1. The Labute approximate surface area is 141 Å². The molecule has 0 saturated carbocycles. The van der Waals surface area contributed by atoms with E-state index in [2.05, 4.69) is 37.5 Å². The monoisotopic (exact) mass is 354 g/mol.